The zero-order valence-corrected chi connectivity index (χ0v) is 15.4. The lowest BCUT2D eigenvalue weighted by Crippen LogP contribution is -2.47. The Kier molecular flexibility index (Phi) is 6.42. The fraction of sp³-hybridized carbons (Fsp3) is 0.263. The molecule has 1 N–H and O–H groups in total. The van der Waals surface area contributed by atoms with Gasteiger partial charge >= 0.3 is 0 Å². The van der Waals surface area contributed by atoms with Crippen molar-refractivity contribution in [2.45, 2.75) is 10.9 Å². The summed E-state index contributed by atoms with van der Waals surface area (Å²) in [6.45, 7) is 0.590. The first-order chi connectivity index (χ1) is 12.3. The SMILES string of the molecule is O=C(NCCSc1ccccc1)C1CSCN1C(=O)c1ccccc1. The van der Waals surface area contributed by atoms with Crippen molar-refractivity contribution in [3.05, 3.63) is 66.2 Å². The number of rotatable bonds is 6. The highest BCUT2D eigenvalue weighted by molar-refractivity contribution is 7.99. The number of benzene rings is 2. The molecule has 2 aromatic rings. The van der Waals surface area contributed by atoms with Crippen LogP contribution < -0.4 is 5.32 Å². The summed E-state index contributed by atoms with van der Waals surface area (Å²) in [7, 11) is 0. The van der Waals surface area contributed by atoms with Gasteiger partial charge in [-0.3, -0.25) is 9.59 Å². The summed E-state index contributed by atoms with van der Waals surface area (Å²) in [5.74, 6) is 1.87. The lowest BCUT2D eigenvalue weighted by Gasteiger charge is -2.23. The fourth-order valence-corrected chi connectivity index (χ4v) is 4.53. The van der Waals surface area contributed by atoms with Gasteiger partial charge in [0.05, 0.1) is 5.88 Å². The number of carbonyl (C=O) groups excluding carboxylic acids is 2. The molecule has 1 fully saturated rings. The monoisotopic (exact) mass is 372 g/mol. The molecule has 1 saturated heterocycles. The standard InChI is InChI=1S/C19H20N2O2S2/c22-18(20-11-12-25-16-9-5-2-6-10-16)17-13-24-14-21(17)19(23)15-7-3-1-4-8-15/h1-10,17H,11-14H2,(H,20,22). The summed E-state index contributed by atoms with van der Waals surface area (Å²) in [5, 5.41) is 2.96. The molecule has 0 aliphatic carbocycles. The summed E-state index contributed by atoms with van der Waals surface area (Å²) in [6, 6.07) is 18.9. The van der Waals surface area contributed by atoms with Gasteiger partial charge in [0.1, 0.15) is 6.04 Å². The topological polar surface area (TPSA) is 49.4 Å². The summed E-state index contributed by atoms with van der Waals surface area (Å²) in [4.78, 5) is 27.9. The molecule has 2 amide bonds. The second-order valence-corrected chi connectivity index (χ2v) is 7.78. The number of nitrogens with one attached hydrogen (secondary N) is 1. The molecular formula is C19H20N2O2S2. The molecule has 1 atom stereocenters. The minimum absolute atomic E-state index is 0.0667. The number of hydrogen-bond donors (Lipinski definition) is 1. The van der Waals surface area contributed by atoms with Gasteiger partial charge in [0, 0.05) is 28.5 Å². The predicted molar refractivity (Wildman–Crippen MR) is 104 cm³/mol. The van der Waals surface area contributed by atoms with E-state index >= 15 is 0 Å². The maximum atomic E-state index is 12.6. The first-order valence-corrected chi connectivity index (χ1v) is 10.3. The molecule has 1 heterocycles. The van der Waals surface area contributed by atoms with Crippen LogP contribution in [0.5, 0.6) is 0 Å². The van der Waals surface area contributed by atoms with E-state index in [1.165, 1.54) is 4.90 Å². The van der Waals surface area contributed by atoms with Crippen molar-refractivity contribution in [3.63, 3.8) is 0 Å². The highest BCUT2D eigenvalue weighted by Crippen LogP contribution is 2.23. The molecule has 25 heavy (non-hydrogen) atoms. The third kappa shape index (κ3) is 4.80. The Labute approximate surface area is 156 Å². The summed E-state index contributed by atoms with van der Waals surface area (Å²) < 4.78 is 0. The van der Waals surface area contributed by atoms with Gasteiger partial charge in [-0.15, -0.1) is 23.5 Å². The van der Waals surface area contributed by atoms with E-state index in [0.717, 1.165) is 5.75 Å². The van der Waals surface area contributed by atoms with Gasteiger partial charge in [0.2, 0.25) is 5.91 Å². The number of amides is 2. The van der Waals surface area contributed by atoms with Crippen LogP contribution in [0.3, 0.4) is 0 Å². The number of thioether (sulfide) groups is 2. The van der Waals surface area contributed by atoms with Crippen LogP contribution in [0.1, 0.15) is 10.4 Å². The highest BCUT2D eigenvalue weighted by Gasteiger charge is 2.34. The quantitative estimate of drug-likeness (QED) is 0.625. The lowest BCUT2D eigenvalue weighted by atomic mass is 10.1. The van der Waals surface area contributed by atoms with E-state index in [-0.39, 0.29) is 17.9 Å². The van der Waals surface area contributed by atoms with Gasteiger partial charge < -0.3 is 10.2 Å². The van der Waals surface area contributed by atoms with Crippen molar-refractivity contribution < 1.29 is 9.59 Å². The maximum absolute atomic E-state index is 12.6. The predicted octanol–water partition coefficient (Wildman–Crippen LogP) is 3.11. The zero-order chi connectivity index (χ0) is 17.5. The Balaban J connectivity index is 1.50. The Hall–Kier alpha value is -1.92. The molecule has 0 radical (unpaired) electrons. The average Bonchev–Trinajstić information content (AvgIpc) is 3.16. The molecule has 130 valence electrons. The van der Waals surface area contributed by atoms with Crippen LogP contribution >= 0.6 is 23.5 Å². The van der Waals surface area contributed by atoms with Crippen LogP contribution in [0, 0.1) is 0 Å². The maximum Gasteiger partial charge on any atom is 0.255 e. The van der Waals surface area contributed by atoms with Crippen molar-refractivity contribution in [1.29, 1.82) is 0 Å². The third-order valence-corrected chi connectivity index (χ3v) is 5.91. The van der Waals surface area contributed by atoms with Crippen LogP contribution in [-0.4, -0.2) is 46.7 Å². The highest BCUT2D eigenvalue weighted by atomic mass is 32.2. The summed E-state index contributed by atoms with van der Waals surface area (Å²) >= 11 is 3.33. The van der Waals surface area contributed by atoms with E-state index in [9.17, 15) is 9.59 Å². The molecule has 3 rings (SSSR count). The van der Waals surface area contributed by atoms with Crippen LogP contribution in [0.15, 0.2) is 65.6 Å². The minimum Gasteiger partial charge on any atom is -0.353 e. The average molecular weight is 373 g/mol. The van der Waals surface area contributed by atoms with Gasteiger partial charge in [0.15, 0.2) is 0 Å². The van der Waals surface area contributed by atoms with Gasteiger partial charge in [-0.05, 0) is 24.3 Å². The second kappa shape index (κ2) is 8.97. The molecule has 0 bridgehead atoms. The Morgan fingerprint density at radius 3 is 2.48 bits per heavy atom. The van der Waals surface area contributed by atoms with Crippen LogP contribution in [0.4, 0.5) is 0 Å². The molecule has 0 aromatic heterocycles. The molecule has 6 heteroatoms. The fourth-order valence-electron chi connectivity index (χ4n) is 2.58. The van der Waals surface area contributed by atoms with Gasteiger partial charge in [-0.1, -0.05) is 36.4 Å². The lowest BCUT2D eigenvalue weighted by molar-refractivity contribution is -0.124. The zero-order valence-electron chi connectivity index (χ0n) is 13.8. The first-order valence-electron chi connectivity index (χ1n) is 8.15. The largest absolute Gasteiger partial charge is 0.353 e. The number of carbonyl (C=O) groups is 2. The van der Waals surface area contributed by atoms with Crippen molar-refractivity contribution in [2.24, 2.45) is 0 Å². The molecule has 1 unspecified atom stereocenters. The molecule has 0 saturated carbocycles. The van der Waals surface area contributed by atoms with E-state index in [2.05, 4.69) is 17.4 Å². The van der Waals surface area contributed by atoms with Crippen molar-refractivity contribution in [2.75, 3.05) is 23.9 Å². The third-order valence-electron chi connectivity index (χ3n) is 3.88. The molecular weight excluding hydrogens is 352 g/mol. The number of hydrogen-bond acceptors (Lipinski definition) is 4. The van der Waals surface area contributed by atoms with Crippen LogP contribution in [-0.2, 0) is 4.79 Å². The smallest absolute Gasteiger partial charge is 0.255 e. The molecule has 0 spiro atoms. The van der Waals surface area contributed by atoms with E-state index in [1.54, 1.807) is 40.6 Å². The van der Waals surface area contributed by atoms with Crippen molar-refractivity contribution >= 4 is 35.3 Å². The van der Waals surface area contributed by atoms with Crippen molar-refractivity contribution in [3.8, 4) is 0 Å². The molecule has 2 aromatic carbocycles. The minimum atomic E-state index is -0.389. The van der Waals surface area contributed by atoms with Gasteiger partial charge in [-0.25, -0.2) is 0 Å². The van der Waals surface area contributed by atoms with E-state index in [1.807, 2.05) is 36.4 Å². The summed E-state index contributed by atoms with van der Waals surface area (Å²) in [6.07, 6.45) is 0. The Bertz CT molecular complexity index is 710. The second-order valence-electron chi connectivity index (χ2n) is 5.61. The number of nitrogens with zero attached hydrogens (tertiary/aromatic N) is 1. The normalized spacial score (nSPS) is 16.6. The van der Waals surface area contributed by atoms with Crippen molar-refractivity contribution in [1.82, 2.24) is 10.2 Å². The van der Waals surface area contributed by atoms with Crippen LogP contribution in [0.25, 0.3) is 0 Å². The van der Waals surface area contributed by atoms with Gasteiger partial charge in [-0.2, -0.15) is 0 Å². The molecule has 1 aliphatic heterocycles. The summed E-state index contributed by atoms with van der Waals surface area (Å²) in [5.41, 5.74) is 0.627. The van der Waals surface area contributed by atoms with E-state index in [4.69, 9.17) is 0 Å². The van der Waals surface area contributed by atoms with Crippen LogP contribution in [0.2, 0.25) is 0 Å². The Morgan fingerprint density at radius 2 is 1.76 bits per heavy atom. The Morgan fingerprint density at radius 1 is 1.08 bits per heavy atom. The molecule has 4 nitrogen and oxygen atoms in total. The van der Waals surface area contributed by atoms with Gasteiger partial charge in [0.25, 0.3) is 5.91 Å². The van der Waals surface area contributed by atoms with E-state index in [0.29, 0.717) is 23.7 Å². The molecule has 1 aliphatic rings. The van der Waals surface area contributed by atoms with E-state index < -0.39 is 0 Å². The first kappa shape index (κ1) is 17.9.